The Labute approximate surface area is 88.3 Å². The predicted octanol–water partition coefficient (Wildman–Crippen LogP) is -0.218. The van der Waals surface area contributed by atoms with E-state index in [4.69, 9.17) is 10.2 Å². The van der Waals surface area contributed by atoms with Gasteiger partial charge in [-0.25, -0.2) is 4.79 Å². The maximum Gasteiger partial charge on any atom is 0.341 e. The molecule has 0 aliphatic heterocycles. The molecule has 0 spiro atoms. The van der Waals surface area contributed by atoms with Gasteiger partial charge in [0.15, 0.2) is 0 Å². The van der Waals surface area contributed by atoms with Crippen LogP contribution in [0.15, 0.2) is 4.79 Å². The van der Waals surface area contributed by atoms with E-state index in [1.54, 1.807) is 0 Å². The van der Waals surface area contributed by atoms with Crippen molar-refractivity contribution < 1.29 is 19.9 Å². The molecule has 0 fully saturated rings. The van der Waals surface area contributed by atoms with Crippen LogP contribution < -0.4 is 5.56 Å². The molecule has 0 saturated carbocycles. The zero-order valence-electron chi connectivity index (χ0n) is 8.18. The highest BCUT2D eigenvalue weighted by atomic mass is 16.6. The zero-order valence-corrected chi connectivity index (χ0v) is 8.18. The first-order chi connectivity index (χ1) is 7.40. The number of carboxylic acids is 1. The average Bonchev–Trinajstić information content (AvgIpc) is 2.14. The number of hydrogen-bond acceptors (Lipinski definition) is 5. The van der Waals surface area contributed by atoms with Crippen molar-refractivity contribution in [2.75, 3.05) is 0 Å². The van der Waals surface area contributed by atoms with E-state index in [1.165, 1.54) is 6.92 Å². The third-order valence-electron chi connectivity index (χ3n) is 2.03. The lowest BCUT2D eigenvalue weighted by molar-refractivity contribution is -0.386. The van der Waals surface area contributed by atoms with Crippen molar-refractivity contribution in [3.05, 3.63) is 37.3 Å². The minimum Gasteiger partial charge on any atom is -0.477 e. The van der Waals surface area contributed by atoms with Crippen LogP contribution in [-0.2, 0) is 6.61 Å². The summed E-state index contributed by atoms with van der Waals surface area (Å²) in [6.45, 7) is 0.368. The van der Waals surface area contributed by atoms with Gasteiger partial charge in [0.05, 0.1) is 22.8 Å². The van der Waals surface area contributed by atoms with E-state index < -0.39 is 39.9 Å². The lowest BCUT2D eigenvalue weighted by Gasteiger charge is -2.05. The van der Waals surface area contributed by atoms with E-state index >= 15 is 0 Å². The molecule has 86 valence electrons. The first-order valence-corrected chi connectivity index (χ1v) is 4.14. The fourth-order valence-corrected chi connectivity index (χ4v) is 1.40. The Kier molecular flexibility index (Phi) is 3.04. The number of aryl methyl sites for hydroxylation is 1. The lowest BCUT2D eigenvalue weighted by Crippen LogP contribution is -2.23. The van der Waals surface area contributed by atoms with E-state index in [1.807, 2.05) is 0 Å². The van der Waals surface area contributed by atoms with Gasteiger partial charge in [0.1, 0.15) is 5.56 Å². The number of H-pyrrole nitrogens is 1. The molecular formula is C8H8N2O6. The fraction of sp³-hybridized carbons (Fsp3) is 0.250. The highest BCUT2D eigenvalue weighted by Crippen LogP contribution is 2.22. The Hall–Kier alpha value is -2.22. The summed E-state index contributed by atoms with van der Waals surface area (Å²) in [5.74, 6) is -1.62. The van der Waals surface area contributed by atoms with Gasteiger partial charge in [-0.2, -0.15) is 0 Å². The number of nitrogens with zero attached hydrogens (tertiary/aromatic N) is 1. The Morgan fingerprint density at radius 1 is 1.56 bits per heavy atom. The van der Waals surface area contributed by atoms with Gasteiger partial charge in [-0.1, -0.05) is 0 Å². The molecule has 0 atom stereocenters. The molecule has 16 heavy (non-hydrogen) atoms. The van der Waals surface area contributed by atoms with Crippen LogP contribution in [0.1, 0.15) is 21.6 Å². The molecule has 1 rings (SSSR count). The van der Waals surface area contributed by atoms with Crippen LogP contribution in [-0.4, -0.2) is 26.1 Å². The summed E-state index contributed by atoms with van der Waals surface area (Å²) in [5, 5.41) is 28.3. The summed E-state index contributed by atoms with van der Waals surface area (Å²) in [6.07, 6.45) is 0. The second-order valence-electron chi connectivity index (χ2n) is 3.00. The van der Waals surface area contributed by atoms with E-state index in [9.17, 15) is 19.7 Å². The number of hydrogen-bond donors (Lipinski definition) is 3. The Balaban J connectivity index is 3.77. The van der Waals surface area contributed by atoms with Crippen LogP contribution in [0.4, 0.5) is 5.69 Å². The molecule has 0 aliphatic rings. The van der Waals surface area contributed by atoms with E-state index in [-0.39, 0.29) is 5.69 Å². The summed E-state index contributed by atoms with van der Waals surface area (Å²) in [6, 6.07) is 0. The average molecular weight is 228 g/mol. The van der Waals surface area contributed by atoms with Gasteiger partial charge < -0.3 is 15.2 Å². The molecule has 1 aromatic rings. The molecule has 8 heteroatoms. The summed E-state index contributed by atoms with van der Waals surface area (Å²) in [7, 11) is 0. The van der Waals surface area contributed by atoms with Gasteiger partial charge >= 0.3 is 5.97 Å². The minimum atomic E-state index is -1.62. The van der Waals surface area contributed by atoms with Crippen LogP contribution in [0.25, 0.3) is 0 Å². The van der Waals surface area contributed by atoms with Gasteiger partial charge in [0, 0.05) is 0 Å². The number of nitrogens with one attached hydrogen (secondary N) is 1. The van der Waals surface area contributed by atoms with Crippen molar-refractivity contribution >= 4 is 11.7 Å². The van der Waals surface area contributed by atoms with E-state index in [0.29, 0.717) is 0 Å². The monoisotopic (exact) mass is 228 g/mol. The number of aliphatic hydroxyl groups excluding tert-OH is 1. The summed E-state index contributed by atoms with van der Waals surface area (Å²) >= 11 is 0. The van der Waals surface area contributed by atoms with Crippen LogP contribution in [0.5, 0.6) is 0 Å². The van der Waals surface area contributed by atoms with Crippen molar-refractivity contribution in [2.24, 2.45) is 0 Å². The molecule has 1 aromatic heterocycles. The number of rotatable bonds is 3. The fourth-order valence-electron chi connectivity index (χ4n) is 1.40. The first kappa shape index (κ1) is 11.9. The molecular weight excluding hydrogens is 220 g/mol. The summed E-state index contributed by atoms with van der Waals surface area (Å²) in [4.78, 5) is 33.9. The number of aromatic nitrogens is 1. The molecule has 3 N–H and O–H groups in total. The van der Waals surface area contributed by atoms with Crippen LogP contribution in [0.2, 0.25) is 0 Å². The van der Waals surface area contributed by atoms with Crippen LogP contribution in [0, 0.1) is 17.0 Å². The minimum absolute atomic E-state index is 0.0935. The Bertz CT molecular complexity index is 518. The van der Waals surface area contributed by atoms with Gasteiger partial charge in [-0.3, -0.25) is 14.9 Å². The van der Waals surface area contributed by atoms with Gasteiger partial charge in [-0.05, 0) is 6.92 Å². The van der Waals surface area contributed by atoms with E-state index in [2.05, 4.69) is 4.98 Å². The van der Waals surface area contributed by atoms with E-state index in [0.717, 1.165) is 0 Å². The second-order valence-corrected chi connectivity index (χ2v) is 3.00. The van der Waals surface area contributed by atoms with Gasteiger partial charge in [-0.15, -0.1) is 0 Å². The number of carboxylic acid groups (broad SMARTS) is 1. The number of aromatic amines is 1. The highest BCUT2D eigenvalue weighted by molar-refractivity contribution is 5.90. The predicted molar refractivity (Wildman–Crippen MR) is 51.3 cm³/mol. The van der Waals surface area contributed by atoms with Crippen molar-refractivity contribution in [1.29, 1.82) is 0 Å². The maximum absolute atomic E-state index is 11.3. The number of aromatic carboxylic acids is 1. The van der Waals surface area contributed by atoms with Crippen molar-refractivity contribution in [1.82, 2.24) is 4.98 Å². The largest absolute Gasteiger partial charge is 0.477 e. The highest BCUT2D eigenvalue weighted by Gasteiger charge is 2.27. The smallest absolute Gasteiger partial charge is 0.341 e. The summed E-state index contributed by atoms with van der Waals surface area (Å²) in [5.41, 5.74) is -2.94. The van der Waals surface area contributed by atoms with Gasteiger partial charge in [0.25, 0.3) is 11.2 Å². The zero-order chi connectivity index (χ0) is 12.5. The lowest BCUT2D eigenvalue weighted by atomic mass is 10.1. The third kappa shape index (κ3) is 1.77. The molecule has 0 radical (unpaired) electrons. The number of aliphatic hydroxyl groups is 1. The number of carbonyl (C=O) groups is 1. The number of pyridine rings is 1. The molecule has 1 heterocycles. The van der Waals surface area contributed by atoms with Crippen molar-refractivity contribution in [3.63, 3.8) is 0 Å². The van der Waals surface area contributed by atoms with Gasteiger partial charge in [0.2, 0.25) is 0 Å². The molecule has 0 aromatic carbocycles. The van der Waals surface area contributed by atoms with Crippen molar-refractivity contribution in [3.8, 4) is 0 Å². The normalized spacial score (nSPS) is 10.1. The van der Waals surface area contributed by atoms with Crippen LogP contribution in [0.3, 0.4) is 0 Å². The molecule has 0 bridgehead atoms. The third-order valence-corrected chi connectivity index (χ3v) is 2.03. The first-order valence-electron chi connectivity index (χ1n) is 4.14. The standard InChI is InChI=1S/C8H8N2O6/c1-3-6(10(15)16)4(2-11)5(8(13)14)7(12)9-3/h11H,2H2,1H3,(H,9,12)(H,13,14). The Morgan fingerprint density at radius 2 is 2.12 bits per heavy atom. The second kappa shape index (κ2) is 4.11. The van der Waals surface area contributed by atoms with Crippen LogP contribution >= 0.6 is 0 Å². The molecule has 8 nitrogen and oxygen atoms in total. The maximum atomic E-state index is 11.3. The number of nitro groups is 1. The molecule has 0 aliphatic carbocycles. The molecule has 0 unspecified atom stereocenters. The summed E-state index contributed by atoms with van der Waals surface area (Å²) < 4.78 is 0. The quantitative estimate of drug-likeness (QED) is 0.483. The van der Waals surface area contributed by atoms with Crippen molar-refractivity contribution in [2.45, 2.75) is 13.5 Å². The molecule has 0 amide bonds. The Morgan fingerprint density at radius 3 is 2.50 bits per heavy atom. The molecule has 0 saturated heterocycles. The topological polar surface area (TPSA) is 134 Å². The SMILES string of the molecule is Cc1[nH]c(=O)c(C(=O)O)c(CO)c1[N+](=O)[O-].